The molecule has 1 aliphatic carbocycles. The Hall–Kier alpha value is -5.03. The highest BCUT2D eigenvalue weighted by Gasteiger charge is 2.45. The van der Waals surface area contributed by atoms with Gasteiger partial charge in [0.1, 0.15) is 0 Å². The van der Waals surface area contributed by atoms with Crippen LogP contribution in [0.15, 0.2) is 102 Å². The molecule has 4 heterocycles. The Balaban J connectivity index is 1.22. The van der Waals surface area contributed by atoms with Crippen molar-refractivity contribution in [3.63, 3.8) is 0 Å². The van der Waals surface area contributed by atoms with E-state index in [9.17, 15) is 31.1 Å². The van der Waals surface area contributed by atoms with Gasteiger partial charge < -0.3 is 36.6 Å². The number of nitrogens with one attached hydrogen (secondary N) is 4. The van der Waals surface area contributed by atoms with Crippen molar-refractivity contribution < 1.29 is 32.4 Å². The molecular formula is C50H60N4O6. The van der Waals surface area contributed by atoms with Crippen LogP contribution < -0.4 is 21.3 Å². The lowest BCUT2D eigenvalue weighted by Gasteiger charge is -2.32. The highest BCUT2D eigenvalue weighted by atomic mass is 16.4. The maximum Gasteiger partial charge on any atom is 0.314 e. The molecule has 0 spiro atoms. The Labute approximate surface area is 356 Å². The number of fused-ring (bicyclic) bond motifs is 1. The molecule has 0 saturated carbocycles. The van der Waals surface area contributed by atoms with Crippen LogP contribution in [0.25, 0.3) is 0 Å². The van der Waals surface area contributed by atoms with E-state index >= 15 is 0 Å². The smallest absolute Gasteiger partial charge is 0.314 e. The summed E-state index contributed by atoms with van der Waals surface area (Å²) in [5.74, 6) is -3.26. The molecule has 3 saturated heterocycles. The van der Waals surface area contributed by atoms with E-state index in [1.807, 2.05) is 24.4 Å². The molecule has 3 aromatic rings. The molecular weight excluding hydrogens is 753 g/mol. The van der Waals surface area contributed by atoms with Gasteiger partial charge in [-0.1, -0.05) is 72.8 Å². The molecule has 4 aliphatic heterocycles. The average Bonchev–Trinajstić information content (AvgIpc) is 4.11. The molecule has 3 fully saturated rings. The number of aliphatic carboxylic acids is 3. The lowest BCUT2D eigenvalue weighted by Crippen LogP contribution is -2.41. The van der Waals surface area contributed by atoms with Crippen molar-refractivity contribution in [2.45, 2.75) is 82.0 Å². The van der Waals surface area contributed by atoms with Crippen molar-refractivity contribution in [2.75, 3.05) is 39.3 Å². The number of carbonyl (C=O) groups is 3. The monoisotopic (exact) mass is 814 g/mol. The van der Waals surface area contributed by atoms with Crippen LogP contribution in [-0.4, -0.2) is 72.5 Å². The zero-order chi connectivity index (χ0) is 43.8. The molecule has 316 valence electrons. The van der Waals surface area contributed by atoms with Gasteiger partial charge in [-0.3, -0.25) is 14.4 Å². The molecule has 2 unspecified atom stereocenters. The minimum Gasteiger partial charge on any atom is -0.481 e. The number of aryl methyl sites for hydroxylation is 1. The first-order valence-corrected chi connectivity index (χ1v) is 21.8. The first kappa shape index (κ1) is 39.1. The van der Waals surface area contributed by atoms with Gasteiger partial charge in [0.15, 0.2) is 0 Å². The van der Waals surface area contributed by atoms with Crippen molar-refractivity contribution in [3.8, 4) is 0 Å². The fraction of sp³-hybridized carbons (Fsp3) is 0.460. The van der Waals surface area contributed by atoms with Crippen LogP contribution in [0.3, 0.4) is 0 Å². The van der Waals surface area contributed by atoms with Crippen LogP contribution in [0.2, 0.25) is 0 Å². The topological polar surface area (TPSA) is 160 Å². The summed E-state index contributed by atoms with van der Waals surface area (Å²) in [5.41, 5.74) is 6.55. The highest BCUT2D eigenvalue weighted by Crippen LogP contribution is 2.45. The minimum atomic E-state index is -1.17. The molecule has 7 atom stereocenters. The predicted octanol–water partition coefficient (Wildman–Crippen LogP) is 6.26. The summed E-state index contributed by atoms with van der Waals surface area (Å²) in [6.07, 6.45) is 11.0. The Kier molecular flexibility index (Phi) is 11.4. The summed E-state index contributed by atoms with van der Waals surface area (Å²) in [6, 6.07) is 17.8. The van der Waals surface area contributed by atoms with Crippen LogP contribution in [0.1, 0.15) is 87.1 Å². The highest BCUT2D eigenvalue weighted by molar-refractivity contribution is 5.82. The lowest BCUT2D eigenvalue weighted by atomic mass is 9.70. The second-order valence-electron chi connectivity index (χ2n) is 18.1. The van der Waals surface area contributed by atoms with Gasteiger partial charge in [-0.15, -0.1) is 0 Å². The van der Waals surface area contributed by atoms with Gasteiger partial charge in [0, 0.05) is 24.2 Å². The Bertz CT molecular complexity index is 2320. The average molecular weight is 815 g/mol. The van der Waals surface area contributed by atoms with Crippen molar-refractivity contribution in [1.82, 2.24) is 21.3 Å². The summed E-state index contributed by atoms with van der Waals surface area (Å²) >= 11 is 0. The SMILES string of the molecule is [2H]c1ccc(C(C)(C(=O)O)[C@H]2CCNC2)cc1CC1=C(Cc2cc(C(C)(C(=O)O)[C@H]3CCNC3)ccc2[2H])C([C@@H]2CCc3ccc(C[C@H](C(=O)O)[C@H]4CCNC4)cc32)=CC=CN1. The van der Waals surface area contributed by atoms with Crippen LogP contribution >= 0.6 is 0 Å². The Morgan fingerprint density at radius 2 is 1.38 bits per heavy atom. The molecule has 8 rings (SSSR count). The second-order valence-corrected chi connectivity index (χ2v) is 18.1. The van der Waals surface area contributed by atoms with E-state index in [1.54, 1.807) is 38.1 Å². The normalized spacial score (nSPS) is 25.6. The first-order chi connectivity index (χ1) is 29.8. The van der Waals surface area contributed by atoms with E-state index in [1.165, 1.54) is 5.56 Å². The van der Waals surface area contributed by atoms with Gasteiger partial charge in [0.2, 0.25) is 0 Å². The summed E-state index contributed by atoms with van der Waals surface area (Å²) in [6.45, 7) is 7.81. The van der Waals surface area contributed by atoms with Crippen molar-refractivity contribution in [3.05, 3.63) is 141 Å². The van der Waals surface area contributed by atoms with Gasteiger partial charge >= 0.3 is 17.9 Å². The van der Waals surface area contributed by atoms with Gasteiger partial charge in [0.05, 0.1) is 19.5 Å². The standard InChI is InChI=1S/C50H60N4O6/c1-49(47(57)58,38-16-20-52-29-38)36-8-3-6-31(22-36)26-44-40(41-14-13-34-12-11-33(24-42(34)41)25-43(46(55)56)35-15-19-51-28-35)10-5-18-54-45(44)27-32-7-4-9-37(23-32)50(2,48(59)60)39-17-21-53-30-39/h3-12,18,22-24,35,38-39,41,43,51-54H,13-17,19-21,25-30H2,1-2H3,(H,55,56)(H,57,58)(H,59,60)/t35-,38-,39-,41-,43-,49?,50?/m0/s1/i6D,7D. The number of benzene rings is 3. The third-order valence-electron chi connectivity index (χ3n) is 14.7. The minimum absolute atomic E-state index is 0.0471. The summed E-state index contributed by atoms with van der Waals surface area (Å²) in [7, 11) is 0. The molecule has 60 heavy (non-hydrogen) atoms. The molecule has 0 amide bonds. The number of carboxylic acids is 3. The molecule has 10 heteroatoms. The van der Waals surface area contributed by atoms with E-state index in [-0.39, 0.29) is 23.7 Å². The number of carboxylic acid groups (broad SMARTS) is 3. The molecule has 3 aromatic carbocycles. The van der Waals surface area contributed by atoms with Gasteiger partial charge in [-0.25, -0.2) is 0 Å². The molecule has 0 aromatic heterocycles. The van der Waals surface area contributed by atoms with Crippen LogP contribution in [-0.2, 0) is 50.9 Å². The maximum absolute atomic E-state index is 13.1. The van der Waals surface area contributed by atoms with Crippen LogP contribution in [0.4, 0.5) is 0 Å². The van der Waals surface area contributed by atoms with Crippen LogP contribution in [0, 0.1) is 23.7 Å². The second kappa shape index (κ2) is 17.5. The van der Waals surface area contributed by atoms with E-state index < -0.39 is 34.7 Å². The fourth-order valence-corrected chi connectivity index (χ4v) is 10.8. The van der Waals surface area contributed by atoms with Gasteiger partial charge in [0.25, 0.3) is 0 Å². The van der Waals surface area contributed by atoms with Crippen LogP contribution in [0.5, 0.6) is 0 Å². The lowest BCUT2D eigenvalue weighted by molar-refractivity contribution is -0.146. The maximum atomic E-state index is 13.1. The predicted molar refractivity (Wildman–Crippen MR) is 233 cm³/mol. The number of rotatable bonds is 15. The van der Waals surface area contributed by atoms with Crippen molar-refractivity contribution in [2.24, 2.45) is 23.7 Å². The van der Waals surface area contributed by atoms with E-state index in [0.717, 1.165) is 79.7 Å². The quantitative estimate of drug-likeness (QED) is 0.0935. The third-order valence-corrected chi connectivity index (χ3v) is 14.7. The van der Waals surface area contributed by atoms with E-state index in [2.05, 4.69) is 45.5 Å². The Morgan fingerprint density at radius 3 is 1.95 bits per heavy atom. The fourth-order valence-electron chi connectivity index (χ4n) is 10.8. The summed E-state index contributed by atoms with van der Waals surface area (Å²) in [4.78, 5) is 38.7. The van der Waals surface area contributed by atoms with Gasteiger partial charge in [-0.2, -0.15) is 0 Å². The number of allylic oxidation sites excluding steroid dienone is 5. The van der Waals surface area contributed by atoms with Crippen molar-refractivity contribution >= 4 is 17.9 Å². The molecule has 0 radical (unpaired) electrons. The van der Waals surface area contributed by atoms with Gasteiger partial charge in [-0.05, 0) is 172 Å². The summed E-state index contributed by atoms with van der Waals surface area (Å²) < 4.78 is 18.3. The van der Waals surface area contributed by atoms with E-state index in [0.29, 0.717) is 73.2 Å². The Morgan fingerprint density at radius 1 is 0.767 bits per heavy atom. The third kappa shape index (κ3) is 8.09. The zero-order valence-corrected chi connectivity index (χ0v) is 34.8. The molecule has 7 N–H and O–H groups in total. The van der Waals surface area contributed by atoms with E-state index in [4.69, 9.17) is 1.37 Å². The van der Waals surface area contributed by atoms with Crippen molar-refractivity contribution in [1.29, 1.82) is 0 Å². The molecule has 0 bridgehead atoms. The number of hydrogen-bond donors (Lipinski definition) is 7. The molecule has 10 nitrogen and oxygen atoms in total. The first-order valence-electron chi connectivity index (χ1n) is 22.8. The zero-order valence-electron chi connectivity index (χ0n) is 36.8. The largest absolute Gasteiger partial charge is 0.481 e. The summed E-state index contributed by atoms with van der Waals surface area (Å²) in [5, 5.41) is 45.2. The number of hydrogen-bond acceptors (Lipinski definition) is 7. The molecule has 5 aliphatic rings.